The number of methoxy groups -OCH3 is 1. The second-order valence-electron chi connectivity index (χ2n) is 8.04. The first-order chi connectivity index (χ1) is 16.9. The molecule has 0 heterocycles. The fourth-order valence-corrected chi connectivity index (χ4v) is 3.77. The largest absolute Gasteiger partial charge is 0.495 e. The van der Waals surface area contributed by atoms with Gasteiger partial charge in [-0.05, 0) is 54.1 Å². The number of rotatable bonds is 9. The lowest BCUT2D eigenvalue weighted by Crippen LogP contribution is -2.20. The van der Waals surface area contributed by atoms with Crippen LogP contribution in [0.4, 0.5) is 11.4 Å². The minimum absolute atomic E-state index is 0.149. The molecule has 0 aliphatic rings. The van der Waals surface area contributed by atoms with Gasteiger partial charge in [-0.2, -0.15) is 0 Å². The predicted octanol–water partition coefficient (Wildman–Crippen LogP) is 5.48. The van der Waals surface area contributed by atoms with Crippen LogP contribution in [0.5, 0.6) is 11.5 Å². The van der Waals surface area contributed by atoms with Crippen LogP contribution in [0.15, 0.2) is 78.9 Å². The number of hydrogen-bond acceptors (Lipinski definition) is 5. The molecule has 1 amide bonds. The Kier molecular flexibility index (Phi) is 7.16. The van der Waals surface area contributed by atoms with Crippen molar-refractivity contribution in [1.29, 1.82) is 0 Å². The first kappa shape index (κ1) is 23.6. The number of aromatic carboxylic acids is 1. The van der Waals surface area contributed by atoms with E-state index in [1.165, 1.54) is 19.2 Å². The van der Waals surface area contributed by atoms with Gasteiger partial charge in [0.1, 0.15) is 11.5 Å². The van der Waals surface area contributed by atoms with E-state index in [1.807, 2.05) is 67.6 Å². The second kappa shape index (κ2) is 10.6. The van der Waals surface area contributed by atoms with E-state index in [0.29, 0.717) is 29.4 Å². The molecule has 0 radical (unpaired) electrons. The molecule has 0 aliphatic heterocycles. The number of ether oxygens (including phenoxy) is 2. The smallest absolute Gasteiger partial charge is 0.335 e. The average Bonchev–Trinajstić information content (AvgIpc) is 2.87. The summed E-state index contributed by atoms with van der Waals surface area (Å²) in [7, 11) is 1.53. The highest BCUT2D eigenvalue weighted by Crippen LogP contribution is 2.31. The van der Waals surface area contributed by atoms with Gasteiger partial charge in [0.05, 0.1) is 18.4 Å². The Morgan fingerprint density at radius 2 is 1.66 bits per heavy atom. The highest BCUT2D eigenvalue weighted by Gasteiger charge is 2.14. The van der Waals surface area contributed by atoms with Crippen LogP contribution in [0.1, 0.15) is 21.5 Å². The molecule has 35 heavy (non-hydrogen) atoms. The van der Waals surface area contributed by atoms with E-state index in [1.54, 1.807) is 6.07 Å². The quantitative estimate of drug-likeness (QED) is 0.300. The molecule has 4 aromatic carbocycles. The second-order valence-corrected chi connectivity index (χ2v) is 8.04. The summed E-state index contributed by atoms with van der Waals surface area (Å²) >= 11 is 0. The Labute approximate surface area is 203 Å². The maximum Gasteiger partial charge on any atom is 0.335 e. The van der Waals surface area contributed by atoms with E-state index in [2.05, 4.69) is 10.6 Å². The van der Waals surface area contributed by atoms with Crippen LogP contribution in [0.2, 0.25) is 0 Å². The fraction of sp³-hybridized carbons (Fsp3) is 0.143. The molecule has 178 valence electrons. The summed E-state index contributed by atoms with van der Waals surface area (Å²) in [5.74, 6) is -0.208. The summed E-state index contributed by atoms with van der Waals surface area (Å²) < 4.78 is 11.3. The van der Waals surface area contributed by atoms with Crippen LogP contribution in [0.25, 0.3) is 10.8 Å². The molecule has 7 nitrogen and oxygen atoms in total. The van der Waals surface area contributed by atoms with Crippen molar-refractivity contribution in [2.75, 3.05) is 24.4 Å². The first-order valence-electron chi connectivity index (χ1n) is 11.1. The number of carbonyl (C=O) groups is 2. The molecule has 0 fully saturated rings. The molecule has 0 aromatic heterocycles. The number of hydrogen-bond donors (Lipinski definition) is 3. The van der Waals surface area contributed by atoms with E-state index in [9.17, 15) is 14.7 Å². The number of nitrogens with one attached hydrogen (secondary N) is 2. The third-order valence-electron chi connectivity index (χ3n) is 5.59. The van der Waals surface area contributed by atoms with E-state index in [-0.39, 0.29) is 18.1 Å². The van der Waals surface area contributed by atoms with Gasteiger partial charge in [-0.25, -0.2) is 4.79 Å². The lowest BCUT2D eigenvalue weighted by atomic mass is 10.0. The number of anilines is 2. The van der Waals surface area contributed by atoms with Crippen LogP contribution >= 0.6 is 0 Å². The van der Waals surface area contributed by atoms with Crippen LogP contribution in [-0.2, 0) is 11.3 Å². The summed E-state index contributed by atoms with van der Waals surface area (Å²) in [6.45, 7) is 2.16. The molecule has 4 rings (SSSR count). The number of amides is 1. The molecular weight excluding hydrogens is 444 g/mol. The van der Waals surface area contributed by atoms with E-state index in [4.69, 9.17) is 9.47 Å². The molecular formula is C28H26N2O5. The molecule has 0 saturated heterocycles. The van der Waals surface area contributed by atoms with Gasteiger partial charge in [0.25, 0.3) is 5.91 Å². The summed E-state index contributed by atoms with van der Waals surface area (Å²) in [6.07, 6.45) is 0. The zero-order chi connectivity index (χ0) is 24.8. The van der Waals surface area contributed by atoms with Crippen molar-refractivity contribution < 1.29 is 24.2 Å². The van der Waals surface area contributed by atoms with Crippen LogP contribution in [0, 0.1) is 6.92 Å². The molecule has 0 unspecified atom stereocenters. The standard InChI is InChI=1S/C28H26N2O5/c1-18-7-11-21(12-8-18)30-27(31)17-35-25-13-9-19-5-3-4-6-22(19)23(25)16-29-24-15-20(28(32)33)10-14-26(24)34-2/h3-15,29H,16-17H2,1-2H3,(H,30,31)(H,32,33). The number of carboxylic acid groups (broad SMARTS) is 1. The Bertz CT molecular complexity index is 1370. The average molecular weight is 471 g/mol. The minimum Gasteiger partial charge on any atom is -0.495 e. The minimum atomic E-state index is -1.02. The normalized spacial score (nSPS) is 10.6. The molecule has 0 bridgehead atoms. The number of aryl methyl sites for hydroxylation is 1. The maximum atomic E-state index is 12.5. The van der Waals surface area contributed by atoms with Gasteiger partial charge in [-0.3, -0.25) is 4.79 Å². The molecule has 7 heteroatoms. The van der Waals surface area contributed by atoms with Crippen molar-refractivity contribution in [3.8, 4) is 11.5 Å². The van der Waals surface area contributed by atoms with Gasteiger partial charge < -0.3 is 25.2 Å². The highest BCUT2D eigenvalue weighted by molar-refractivity contribution is 5.92. The highest BCUT2D eigenvalue weighted by atomic mass is 16.5. The van der Waals surface area contributed by atoms with E-state index in [0.717, 1.165) is 21.9 Å². The number of benzene rings is 4. The molecule has 0 aliphatic carbocycles. The third kappa shape index (κ3) is 5.70. The van der Waals surface area contributed by atoms with Crippen LogP contribution < -0.4 is 20.1 Å². The van der Waals surface area contributed by atoms with Gasteiger partial charge >= 0.3 is 5.97 Å². The maximum absolute atomic E-state index is 12.5. The topological polar surface area (TPSA) is 96.9 Å². The Balaban J connectivity index is 1.56. The molecule has 0 saturated carbocycles. The van der Waals surface area contributed by atoms with Crippen molar-refractivity contribution in [2.24, 2.45) is 0 Å². The summed E-state index contributed by atoms with van der Waals surface area (Å²) in [5.41, 5.74) is 3.35. The molecule has 0 spiro atoms. The summed E-state index contributed by atoms with van der Waals surface area (Å²) in [4.78, 5) is 23.9. The van der Waals surface area contributed by atoms with Gasteiger partial charge in [0, 0.05) is 17.8 Å². The van der Waals surface area contributed by atoms with Crippen LogP contribution in [0.3, 0.4) is 0 Å². The molecule has 3 N–H and O–H groups in total. The Morgan fingerprint density at radius 3 is 2.40 bits per heavy atom. The van der Waals surface area contributed by atoms with Crippen molar-refractivity contribution in [3.63, 3.8) is 0 Å². The molecule has 0 atom stereocenters. The van der Waals surface area contributed by atoms with E-state index >= 15 is 0 Å². The summed E-state index contributed by atoms with van der Waals surface area (Å²) in [6, 6.07) is 23.8. The lowest BCUT2D eigenvalue weighted by Gasteiger charge is -2.17. The zero-order valence-corrected chi connectivity index (χ0v) is 19.5. The van der Waals surface area contributed by atoms with Crippen LogP contribution in [-0.4, -0.2) is 30.7 Å². The summed E-state index contributed by atoms with van der Waals surface area (Å²) in [5, 5.41) is 17.4. The van der Waals surface area contributed by atoms with Crippen molar-refractivity contribution in [2.45, 2.75) is 13.5 Å². The van der Waals surface area contributed by atoms with Gasteiger partial charge in [0.15, 0.2) is 6.61 Å². The number of carbonyl (C=O) groups excluding carboxylic acids is 1. The van der Waals surface area contributed by atoms with Crippen molar-refractivity contribution >= 4 is 34.0 Å². The predicted molar refractivity (Wildman–Crippen MR) is 137 cm³/mol. The Hall–Kier alpha value is -4.52. The first-order valence-corrected chi connectivity index (χ1v) is 11.1. The fourth-order valence-electron chi connectivity index (χ4n) is 3.77. The number of carboxylic acids is 1. The zero-order valence-electron chi connectivity index (χ0n) is 19.5. The number of fused-ring (bicyclic) bond motifs is 1. The van der Waals surface area contributed by atoms with Gasteiger partial charge in [0.2, 0.25) is 0 Å². The monoisotopic (exact) mass is 470 g/mol. The van der Waals surface area contributed by atoms with Gasteiger partial charge in [-0.15, -0.1) is 0 Å². The third-order valence-corrected chi connectivity index (χ3v) is 5.59. The Morgan fingerprint density at radius 1 is 0.914 bits per heavy atom. The van der Waals surface area contributed by atoms with Crippen molar-refractivity contribution in [1.82, 2.24) is 0 Å². The SMILES string of the molecule is COc1ccc(C(=O)O)cc1NCc1c(OCC(=O)Nc2ccc(C)cc2)ccc2ccccc12. The van der Waals surface area contributed by atoms with Gasteiger partial charge in [-0.1, -0.05) is 48.0 Å². The van der Waals surface area contributed by atoms with E-state index < -0.39 is 5.97 Å². The molecule has 4 aromatic rings. The van der Waals surface area contributed by atoms with Crippen molar-refractivity contribution in [3.05, 3.63) is 95.6 Å². The lowest BCUT2D eigenvalue weighted by molar-refractivity contribution is -0.118.